The molecule has 23 heteroatoms. The van der Waals surface area contributed by atoms with Crippen LogP contribution in [0.15, 0.2) is 67.0 Å². The third-order valence-electron chi connectivity index (χ3n) is 13.1. The van der Waals surface area contributed by atoms with Crippen LogP contribution in [0.3, 0.4) is 0 Å². The molecule has 5 aromatic rings. The summed E-state index contributed by atoms with van der Waals surface area (Å²) in [5, 5.41) is 18.9. The summed E-state index contributed by atoms with van der Waals surface area (Å²) in [4.78, 5) is 113. The van der Waals surface area contributed by atoms with Gasteiger partial charge < -0.3 is 57.0 Å². The molecule has 9 N–H and O–H groups in total. The number of carbonyl (C=O) groups excluding carboxylic acids is 7. The number of carbonyl (C=O) groups is 7. The quantitative estimate of drug-likeness (QED) is 0.0340. The van der Waals surface area contributed by atoms with E-state index >= 15 is 0 Å². The van der Waals surface area contributed by atoms with E-state index in [1.807, 2.05) is 25.2 Å². The number of para-hydroxylation sites is 1. The van der Waals surface area contributed by atoms with E-state index in [1.165, 1.54) is 12.2 Å². The maximum absolute atomic E-state index is 13.7. The SMILES string of the molecule is CNc1cccc2c1[nH]c1nc(Oc3cnc(C)nc3)nc(N3C[C@@H]4[C@H](C3)[C@H]4NC(=O)OCc3ccc(NC(=O)[C@H](CCCNC(N)=O)NC(=O)[C@@H](NC(=O)CCCCCN4C(=O)C=CC4=O)C(C)C)cc3)c12. The van der Waals surface area contributed by atoms with Crippen molar-refractivity contribution in [2.24, 2.45) is 23.5 Å². The summed E-state index contributed by atoms with van der Waals surface area (Å²) in [5.74, 6) is -0.396. The number of nitrogens with zero attached hydrogens (tertiary/aromatic N) is 6. The first kappa shape index (κ1) is 51.0. The summed E-state index contributed by atoms with van der Waals surface area (Å²) < 4.78 is 11.6. The van der Waals surface area contributed by atoms with E-state index in [9.17, 15) is 33.6 Å². The number of urea groups is 1. The molecule has 1 aliphatic carbocycles. The van der Waals surface area contributed by atoms with Gasteiger partial charge in [0.05, 0.1) is 29.0 Å². The van der Waals surface area contributed by atoms with Crippen LogP contribution in [-0.4, -0.2) is 123 Å². The van der Waals surface area contributed by atoms with Crippen LogP contribution >= 0.6 is 0 Å². The molecule has 0 spiro atoms. The molecule has 3 aromatic heterocycles. The Labute approximate surface area is 420 Å². The van der Waals surface area contributed by atoms with Gasteiger partial charge in [0.25, 0.3) is 11.8 Å². The lowest BCUT2D eigenvalue weighted by Gasteiger charge is -2.25. The minimum Gasteiger partial charge on any atom is -0.445 e. The minimum absolute atomic E-state index is 0.0245. The number of nitrogens with one attached hydrogen (secondary N) is 7. The predicted molar refractivity (Wildman–Crippen MR) is 269 cm³/mol. The summed E-state index contributed by atoms with van der Waals surface area (Å²) in [7, 11) is 1.86. The summed E-state index contributed by atoms with van der Waals surface area (Å²) in [5.41, 5.74) is 8.74. The second kappa shape index (κ2) is 22.8. The van der Waals surface area contributed by atoms with E-state index in [4.69, 9.17) is 25.2 Å². The highest BCUT2D eigenvalue weighted by atomic mass is 16.5. The van der Waals surface area contributed by atoms with Crippen molar-refractivity contribution in [2.75, 3.05) is 48.8 Å². The number of anilines is 3. The average Bonchev–Trinajstić information content (AvgIpc) is 3.68. The monoisotopic (exact) mass is 1000 g/mol. The number of primary amides is 1. The topological polar surface area (TPSA) is 310 Å². The standard InChI is InChI=1S/C50H60N14O9/c1-27(2)41(58-37(65)13-6-5-7-21-64-38(66)18-19-39(64)67)47(69)57-36(12-9-20-53-48(51)70)46(68)56-30-16-14-29(15-17-30)26-72-50(71)60-42-33-24-63(25-34(33)42)45-40-32-10-8-11-35(52-4)43(32)59-44(40)61-49(62-45)73-31-22-54-28(3)55-23-31/h8,10-11,14-19,22-23,27,33-34,36,41-42,52H,5-7,9,12-13,20-21,24-26H2,1-4H3,(H,56,68)(H,57,69)(H,58,65)(H,60,71)(H3,51,53,70)(H,59,61,62)/t33-,34+,36-,41-,42+/m0/s1. The molecule has 5 heterocycles. The number of hydrogen-bond acceptors (Lipinski definition) is 15. The van der Waals surface area contributed by atoms with Crippen LogP contribution < -0.4 is 47.3 Å². The van der Waals surface area contributed by atoms with Crippen molar-refractivity contribution in [3.63, 3.8) is 0 Å². The van der Waals surface area contributed by atoms with Gasteiger partial charge in [-0.3, -0.25) is 28.9 Å². The molecule has 0 radical (unpaired) electrons. The zero-order valence-electron chi connectivity index (χ0n) is 41.0. The number of piperidine rings is 1. The molecule has 3 aliphatic rings. The summed E-state index contributed by atoms with van der Waals surface area (Å²) in [6, 6.07) is 10.1. The number of aromatic nitrogens is 5. The summed E-state index contributed by atoms with van der Waals surface area (Å²) in [6.07, 6.45) is 7.22. The number of alkyl carbamates (subject to hydrolysis) is 1. The molecule has 0 bridgehead atoms. The lowest BCUT2D eigenvalue weighted by molar-refractivity contribution is -0.137. The van der Waals surface area contributed by atoms with E-state index < -0.39 is 36.0 Å². The molecule has 8 amide bonds. The second-order valence-electron chi connectivity index (χ2n) is 18.6. The Kier molecular flexibility index (Phi) is 15.9. The van der Waals surface area contributed by atoms with Gasteiger partial charge in [-0.05, 0) is 62.3 Å². The minimum atomic E-state index is -1.04. The molecule has 73 heavy (non-hydrogen) atoms. The Morgan fingerprint density at radius 1 is 0.890 bits per heavy atom. The van der Waals surface area contributed by atoms with Crippen LogP contribution in [0.1, 0.15) is 63.8 Å². The average molecular weight is 1000 g/mol. The highest BCUT2D eigenvalue weighted by Gasteiger charge is 2.57. The van der Waals surface area contributed by atoms with Gasteiger partial charge in [-0.15, -0.1) is 0 Å². The van der Waals surface area contributed by atoms with E-state index in [0.717, 1.165) is 26.9 Å². The Morgan fingerprint density at radius 3 is 2.30 bits per heavy atom. The van der Waals surface area contributed by atoms with Gasteiger partial charge >= 0.3 is 18.1 Å². The number of fused-ring (bicyclic) bond motifs is 4. The molecule has 0 unspecified atom stereocenters. The molecule has 5 atom stereocenters. The zero-order valence-corrected chi connectivity index (χ0v) is 41.0. The molecule has 1 saturated heterocycles. The number of benzene rings is 2. The maximum atomic E-state index is 13.7. The number of imide groups is 1. The van der Waals surface area contributed by atoms with Gasteiger partial charge in [0.1, 0.15) is 36.0 Å². The van der Waals surface area contributed by atoms with Crippen LogP contribution in [0, 0.1) is 24.7 Å². The molecule has 23 nitrogen and oxygen atoms in total. The summed E-state index contributed by atoms with van der Waals surface area (Å²) in [6.45, 7) is 7.01. The molecule has 2 aromatic carbocycles. The van der Waals surface area contributed by atoms with Crippen molar-refractivity contribution < 1.29 is 43.0 Å². The third-order valence-corrected chi connectivity index (χ3v) is 13.1. The first-order chi connectivity index (χ1) is 35.1. The number of nitrogens with two attached hydrogens (primary N) is 1. The van der Waals surface area contributed by atoms with Gasteiger partial charge in [0, 0.05) is 80.8 Å². The van der Waals surface area contributed by atoms with E-state index in [1.54, 1.807) is 57.4 Å². The number of aryl methyl sites for hydroxylation is 1. The molecule has 2 fully saturated rings. The van der Waals surface area contributed by atoms with Crippen LogP contribution in [0.5, 0.6) is 11.8 Å². The fraction of sp³-hybridized carbons (Fsp3) is 0.420. The van der Waals surface area contributed by atoms with Crippen molar-refractivity contribution in [1.82, 2.24) is 51.1 Å². The van der Waals surface area contributed by atoms with Crippen molar-refractivity contribution in [2.45, 2.75) is 84.0 Å². The van der Waals surface area contributed by atoms with Gasteiger partial charge in [-0.25, -0.2) is 19.6 Å². The number of hydrogen-bond donors (Lipinski definition) is 8. The van der Waals surface area contributed by atoms with Crippen molar-refractivity contribution in [3.05, 3.63) is 78.4 Å². The van der Waals surface area contributed by atoms with Crippen LogP contribution in [0.4, 0.5) is 26.8 Å². The fourth-order valence-electron chi connectivity index (χ4n) is 9.17. The lowest BCUT2D eigenvalue weighted by atomic mass is 10.0. The van der Waals surface area contributed by atoms with Gasteiger partial charge in [-0.1, -0.05) is 44.5 Å². The highest BCUT2D eigenvalue weighted by Crippen LogP contribution is 2.48. The number of amides is 8. The third kappa shape index (κ3) is 12.6. The van der Waals surface area contributed by atoms with E-state index in [2.05, 4.69) is 51.8 Å². The lowest BCUT2D eigenvalue weighted by Crippen LogP contribution is -2.54. The zero-order chi connectivity index (χ0) is 51.8. The first-order valence-electron chi connectivity index (χ1n) is 24.4. The molecule has 384 valence electrons. The van der Waals surface area contributed by atoms with E-state index in [-0.39, 0.29) is 80.1 Å². The molecule has 1 saturated carbocycles. The number of ether oxygens (including phenoxy) is 2. The number of aromatic amines is 1. The predicted octanol–water partition coefficient (Wildman–Crippen LogP) is 3.90. The molecular weight excluding hydrogens is 941 g/mol. The van der Waals surface area contributed by atoms with E-state index in [0.29, 0.717) is 73.1 Å². The Hall–Kier alpha value is -8.37. The van der Waals surface area contributed by atoms with Crippen molar-refractivity contribution >= 4 is 80.8 Å². The summed E-state index contributed by atoms with van der Waals surface area (Å²) >= 11 is 0. The first-order valence-corrected chi connectivity index (χ1v) is 24.4. The van der Waals surface area contributed by atoms with Crippen LogP contribution in [-0.2, 0) is 35.3 Å². The van der Waals surface area contributed by atoms with Gasteiger partial charge in [0.2, 0.25) is 17.7 Å². The highest BCUT2D eigenvalue weighted by molar-refractivity contribution is 6.15. The van der Waals surface area contributed by atoms with Crippen LogP contribution in [0.25, 0.3) is 21.9 Å². The van der Waals surface area contributed by atoms with Crippen LogP contribution in [0.2, 0.25) is 0 Å². The molecular formula is C50H60N14O9. The van der Waals surface area contributed by atoms with Crippen molar-refractivity contribution in [3.8, 4) is 11.8 Å². The second-order valence-corrected chi connectivity index (χ2v) is 18.6. The molecule has 2 aliphatic heterocycles. The Morgan fingerprint density at radius 2 is 1.62 bits per heavy atom. The normalized spacial score (nSPS) is 17.6. The molecule has 8 rings (SSSR count). The number of H-pyrrole nitrogens is 1. The van der Waals surface area contributed by atoms with Gasteiger partial charge in [0.15, 0.2) is 5.75 Å². The van der Waals surface area contributed by atoms with Crippen molar-refractivity contribution in [1.29, 1.82) is 0 Å². The number of unbranched alkanes of at least 4 members (excludes halogenated alkanes) is 2. The largest absolute Gasteiger partial charge is 0.445 e. The fourth-order valence-corrected chi connectivity index (χ4v) is 9.17. The van der Waals surface area contributed by atoms with Gasteiger partial charge in [-0.2, -0.15) is 9.97 Å². The Balaban J connectivity index is 0.814. The maximum Gasteiger partial charge on any atom is 0.407 e. The Bertz CT molecular complexity index is 2880. The number of rotatable bonds is 23. The smallest absolute Gasteiger partial charge is 0.407 e.